The van der Waals surface area contributed by atoms with Crippen LogP contribution in [0.3, 0.4) is 0 Å². The molecule has 0 aliphatic heterocycles. The molecule has 1 rings (SSSR count). The van der Waals surface area contributed by atoms with Crippen LogP contribution >= 0.6 is 0 Å². The summed E-state index contributed by atoms with van der Waals surface area (Å²) in [4.78, 5) is 0. The first-order valence-electron chi connectivity index (χ1n) is 3.46. The number of alkyl halides is 3. The van der Waals surface area contributed by atoms with E-state index in [9.17, 15) is 22.0 Å². The van der Waals surface area contributed by atoms with E-state index in [4.69, 9.17) is 10.0 Å². The summed E-state index contributed by atoms with van der Waals surface area (Å²) in [7, 11) is 0. The van der Waals surface area contributed by atoms with Crippen molar-refractivity contribution in [2.45, 2.75) is 6.18 Å². The van der Waals surface area contributed by atoms with E-state index in [1.807, 2.05) is 0 Å². The Balaban J connectivity index is 0.000000583. The molecule has 0 atom stereocenters. The Morgan fingerprint density at radius 1 is 1.00 bits per heavy atom. The number of benzene rings is 1. The van der Waals surface area contributed by atoms with E-state index >= 15 is 0 Å². The first-order chi connectivity index (χ1) is 6.84. The molecule has 15 heavy (non-hydrogen) atoms. The second-order valence-corrected chi connectivity index (χ2v) is 2.21. The topological polar surface area (TPSA) is 40.5 Å². The van der Waals surface area contributed by atoms with Gasteiger partial charge in [-0.2, -0.15) is 13.2 Å². The van der Waals surface area contributed by atoms with Crippen molar-refractivity contribution in [2.24, 2.45) is 0 Å². The van der Waals surface area contributed by atoms with Crippen LogP contribution in [0.25, 0.3) is 0 Å². The average molecular weight is 227 g/mol. The highest BCUT2D eigenvalue weighted by Crippen LogP contribution is 2.32. The molecule has 0 heterocycles. The lowest BCUT2D eigenvalue weighted by Gasteiger charge is -2.07. The first-order valence-corrected chi connectivity index (χ1v) is 3.46. The third kappa shape index (κ3) is 4.26. The molecule has 0 aliphatic rings. The molecule has 0 fully saturated rings. The van der Waals surface area contributed by atoms with Gasteiger partial charge in [-0.25, -0.2) is 8.78 Å². The lowest BCUT2D eigenvalue weighted by atomic mass is 10.2. The summed E-state index contributed by atoms with van der Waals surface area (Å²) in [6, 6.07) is 2.00. The summed E-state index contributed by atoms with van der Waals surface area (Å²) >= 11 is 0. The van der Waals surface area contributed by atoms with Crippen LogP contribution in [0, 0.1) is 11.6 Å². The van der Waals surface area contributed by atoms with Gasteiger partial charge in [-0.05, 0) is 12.1 Å². The number of rotatable bonds is 0. The third-order valence-corrected chi connectivity index (χ3v) is 1.25. The molecule has 2 N–H and O–H groups in total. The fraction of sp³-hybridized carbons (Fsp3) is 0.143. The van der Waals surface area contributed by atoms with Gasteiger partial charge >= 0.3 is 13.9 Å². The number of hydrogen-bond donors (Lipinski definition) is 2. The zero-order chi connectivity index (χ0) is 12.1. The molecule has 2 nitrogen and oxygen atoms in total. The zero-order valence-corrected chi connectivity index (χ0v) is 7.09. The summed E-state index contributed by atoms with van der Waals surface area (Å²) < 4.78 is 60.3. The molecule has 1 aromatic rings. The van der Waals surface area contributed by atoms with E-state index in [1.165, 1.54) is 0 Å². The Morgan fingerprint density at radius 3 is 1.53 bits per heavy atom. The Labute approximate surface area is 82.3 Å². The van der Waals surface area contributed by atoms with Crippen LogP contribution in [0.2, 0.25) is 0 Å². The predicted octanol–water partition coefficient (Wildman–Crippen LogP) is 1.49. The Bertz CT molecular complexity index is 294. The van der Waals surface area contributed by atoms with Crippen molar-refractivity contribution in [2.75, 3.05) is 0 Å². The molecule has 1 radical (unpaired) electrons. The van der Waals surface area contributed by atoms with Crippen molar-refractivity contribution >= 4 is 7.69 Å². The minimum absolute atomic E-state index is 0. The normalized spacial score (nSPS) is 10.3. The molecule has 0 saturated heterocycles. The van der Waals surface area contributed by atoms with Gasteiger partial charge in [0.25, 0.3) is 0 Å². The van der Waals surface area contributed by atoms with Crippen molar-refractivity contribution < 1.29 is 32.0 Å². The maximum absolute atomic E-state index is 12.4. The smallest absolute Gasteiger partial charge is 0.429 e. The van der Waals surface area contributed by atoms with Gasteiger partial charge in [-0.1, -0.05) is 6.07 Å². The average Bonchev–Trinajstić information content (AvgIpc) is 2.02. The van der Waals surface area contributed by atoms with E-state index in [0.29, 0.717) is 12.1 Å². The summed E-state index contributed by atoms with van der Waals surface area (Å²) in [6.45, 7) is 0. The molecule has 1 aromatic carbocycles. The fourth-order valence-corrected chi connectivity index (χ4v) is 0.769. The van der Waals surface area contributed by atoms with Crippen molar-refractivity contribution in [1.82, 2.24) is 0 Å². The highest BCUT2D eigenvalue weighted by atomic mass is 19.4. The van der Waals surface area contributed by atoms with Crippen molar-refractivity contribution in [3.05, 3.63) is 35.4 Å². The first kappa shape index (κ1) is 13.9. The minimum atomic E-state index is -4.98. The van der Waals surface area contributed by atoms with Crippen molar-refractivity contribution in [1.29, 1.82) is 0 Å². The van der Waals surface area contributed by atoms with E-state index in [1.54, 1.807) is 0 Å². The van der Waals surface area contributed by atoms with Gasteiger partial charge in [-0.15, -0.1) is 0 Å². The third-order valence-electron chi connectivity index (χ3n) is 1.25. The molecular formula is C7H5BF5O2. The van der Waals surface area contributed by atoms with Gasteiger partial charge in [0.15, 0.2) is 0 Å². The highest BCUT2D eigenvalue weighted by molar-refractivity contribution is 6.13. The maximum atomic E-state index is 12.4. The van der Waals surface area contributed by atoms with E-state index < -0.39 is 23.4 Å². The number of halogens is 5. The molecule has 0 unspecified atom stereocenters. The largest absolute Gasteiger partial charge is 0.482 e. The Morgan fingerprint density at radius 2 is 1.33 bits per heavy atom. The van der Waals surface area contributed by atoms with Crippen LogP contribution in [0.1, 0.15) is 5.56 Å². The zero-order valence-electron chi connectivity index (χ0n) is 7.09. The molecule has 8 heteroatoms. The summed E-state index contributed by atoms with van der Waals surface area (Å²) in [6.07, 6.45) is -4.98. The van der Waals surface area contributed by atoms with Crippen LogP contribution in [0.5, 0.6) is 0 Å². The van der Waals surface area contributed by atoms with Crippen molar-refractivity contribution in [3.8, 4) is 0 Å². The second-order valence-electron chi connectivity index (χ2n) is 2.21. The van der Waals surface area contributed by atoms with Gasteiger partial charge in [0.1, 0.15) is 17.2 Å². The molecular weight excluding hydrogens is 222 g/mol. The minimum Gasteiger partial charge on any atom is -0.429 e. The molecule has 0 spiro atoms. The van der Waals surface area contributed by atoms with Gasteiger partial charge in [0, 0.05) is 0 Å². The lowest BCUT2D eigenvalue weighted by Crippen LogP contribution is -2.10. The van der Waals surface area contributed by atoms with Crippen LogP contribution in [0.15, 0.2) is 18.2 Å². The van der Waals surface area contributed by atoms with Crippen LogP contribution in [-0.4, -0.2) is 17.7 Å². The van der Waals surface area contributed by atoms with Crippen molar-refractivity contribution in [3.63, 3.8) is 0 Å². The van der Waals surface area contributed by atoms with Gasteiger partial charge in [-0.3, -0.25) is 0 Å². The quantitative estimate of drug-likeness (QED) is 0.520. The van der Waals surface area contributed by atoms with Gasteiger partial charge in [0.2, 0.25) is 0 Å². The molecule has 0 amide bonds. The standard InChI is InChI=1S/C7H3F5.BH2O2/c8-4-2-1-3-5(9)6(4)7(10,11)12;2-1-3/h1-3H;2-3H. The van der Waals surface area contributed by atoms with Crippen LogP contribution in [0.4, 0.5) is 22.0 Å². The monoisotopic (exact) mass is 227 g/mol. The highest BCUT2D eigenvalue weighted by Gasteiger charge is 2.37. The Hall–Kier alpha value is -1.15. The predicted molar refractivity (Wildman–Crippen MR) is 41.6 cm³/mol. The lowest BCUT2D eigenvalue weighted by molar-refractivity contribution is -0.142. The molecule has 0 aromatic heterocycles. The fourth-order valence-electron chi connectivity index (χ4n) is 0.769. The molecule has 0 saturated carbocycles. The summed E-state index contributed by atoms with van der Waals surface area (Å²) in [5.41, 5.74) is -1.84. The summed E-state index contributed by atoms with van der Waals surface area (Å²) in [5, 5.41) is 14.0. The molecule has 0 aliphatic carbocycles. The van der Waals surface area contributed by atoms with Gasteiger partial charge in [0.05, 0.1) is 0 Å². The molecule has 83 valence electrons. The second kappa shape index (κ2) is 5.67. The van der Waals surface area contributed by atoms with Crippen LogP contribution < -0.4 is 0 Å². The SMILES string of the molecule is Fc1cccc(F)c1C(F)(F)F.O[B]O. The maximum Gasteiger partial charge on any atom is 0.482 e. The van der Waals surface area contributed by atoms with Crippen LogP contribution in [-0.2, 0) is 6.18 Å². The van der Waals surface area contributed by atoms with E-state index in [2.05, 4.69) is 0 Å². The Kier molecular flexibility index (Phi) is 5.23. The summed E-state index contributed by atoms with van der Waals surface area (Å²) in [5.74, 6) is -3.19. The van der Waals surface area contributed by atoms with Gasteiger partial charge < -0.3 is 10.0 Å². The molecule has 0 bridgehead atoms. The number of hydrogen-bond acceptors (Lipinski definition) is 2. The van der Waals surface area contributed by atoms with E-state index in [-0.39, 0.29) is 7.69 Å². The van der Waals surface area contributed by atoms with E-state index in [0.717, 1.165) is 6.07 Å².